The first kappa shape index (κ1) is 14.1. The van der Waals surface area contributed by atoms with Crippen molar-refractivity contribution in [2.24, 2.45) is 5.41 Å². The lowest BCUT2D eigenvalue weighted by Crippen LogP contribution is -2.34. The highest BCUT2D eigenvalue weighted by Gasteiger charge is 2.38. The molecule has 0 spiro atoms. The van der Waals surface area contributed by atoms with Crippen LogP contribution in [0.4, 0.5) is 5.69 Å². The summed E-state index contributed by atoms with van der Waals surface area (Å²) in [5.41, 5.74) is -0.352. The largest absolute Gasteiger partial charge is 0.294 e. The molecule has 0 aliphatic heterocycles. The number of allylic oxidation sites excluding steroid dienone is 1. The average molecular weight is 273 g/mol. The van der Waals surface area contributed by atoms with Crippen LogP contribution < -0.4 is 0 Å². The van der Waals surface area contributed by atoms with E-state index in [9.17, 15) is 19.7 Å². The van der Waals surface area contributed by atoms with Crippen molar-refractivity contribution in [3.63, 3.8) is 0 Å². The second-order valence-corrected chi connectivity index (χ2v) is 5.51. The van der Waals surface area contributed by atoms with Crippen LogP contribution in [-0.2, 0) is 9.59 Å². The molecule has 0 radical (unpaired) electrons. The molecule has 0 N–H and O–H groups in total. The van der Waals surface area contributed by atoms with E-state index in [1.165, 1.54) is 18.2 Å². The molecule has 0 heterocycles. The second kappa shape index (κ2) is 5.00. The number of nitro benzene ring substituents is 1. The Bertz CT molecular complexity index is 629. The van der Waals surface area contributed by atoms with Crippen molar-refractivity contribution in [1.82, 2.24) is 0 Å². The zero-order valence-electron chi connectivity index (χ0n) is 11.4. The summed E-state index contributed by atoms with van der Waals surface area (Å²) in [5.74, 6) is -0.487. The maximum atomic E-state index is 12.3. The predicted molar refractivity (Wildman–Crippen MR) is 74.1 cm³/mol. The summed E-state index contributed by atoms with van der Waals surface area (Å²) in [6, 6.07) is 6.08. The topological polar surface area (TPSA) is 77.3 Å². The molecule has 0 aromatic heterocycles. The molecule has 5 heteroatoms. The molecule has 0 unspecified atom stereocenters. The summed E-state index contributed by atoms with van der Waals surface area (Å²) in [5, 5.41) is 11.0. The van der Waals surface area contributed by atoms with Gasteiger partial charge in [-0.2, -0.15) is 0 Å². The van der Waals surface area contributed by atoms with Gasteiger partial charge in [-0.05, 0) is 18.6 Å². The third-order valence-corrected chi connectivity index (χ3v) is 3.57. The Morgan fingerprint density at radius 1 is 1.25 bits per heavy atom. The zero-order valence-corrected chi connectivity index (χ0v) is 11.4. The van der Waals surface area contributed by atoms with Crippen molar-refractivity contribution in [2.75, 3.05) is 0 Å². The number of carbonyl (C=O) groups excluding carboxylic acids is 2. The van der Waals surface area contributed by atoms with Crippen molar-refractivity contribution >= 4 is 23.3 Å². The summed E-state index contributed by atoms with van der Waals surface area (Å²) in [7, 11) is 0. The number of Topliss-reactive ketones (excluding diaryl/α,β-unsaturated/α-hetero) is 2. The van der Waals surface area contributed by atoms with E-state index in [1.54, 1.807) is 26.0 Å². The van der Waals surface area contributed by atoms with Gasteiger partial charge in [0.05, 0.1) is 16.1 Å². The van der Waals surface area contributed by atoms with E-state index in [0.717, 1.165) is 0 Å². The van der Waals surface area contributed by atoms with E-state index in [1.807, 2.05) is 0 Å². The summed E-state index contributed by atoms with van der Waals surface area (Å²) >= 11 is 0. The van der Waals surface area contributed by atoms with E-state index in [4.69, 9.17) is 0 Å². The van der Waals surface area contributed by atoms with Crippen LogP contribution >= 0.6 is 0 Å². The van der Waals surface area contributed by atoms with Gasteiger partial charge >= 0.3 is 0 Å². The maximum Gasteiger partial charge on any atom is 0.276 e. The van der Waals surface area contributed by atoms with Crippen LogP contribution in [0.25, 0.3) is 6.08 Å². The summed E-state index contributed by atoms with van der Waals surface area (Å²) in [6.45, 7) is 3.57. The Kier molecular flexibility index (Phi) is 3.53. The quantitative estimate of drug-likeness (QED) is 0.359. The monoisotopic (exact) mass is 273 g/mol. The first-order valence-corrected chi connectivity index (χ1v) is 6.36. The molecular formula is C15H15NO4. The standard InChI is InChI=1S/C15H15NO4/c1-15(2)8-7-13(17)11(14(15)18)9-10-5-3-4-6-12(10)16(19)20/h3-6,9H,7-8H2,1-2H3/b11-9-. The number of benzene rings is 1. The first-order chi connectivity index (χ1) is 9.33. The van der Waals surface area contributed by atoms with Gasteiger partial charge in [0.15, 0.2) is 11.6 Å². The fraction of sp³-hybridized carbons (Fsp3) is 0.333. The third kappa shape index (κ3) is 2.52. The van der Waals surface area contributed by atoms with Gasteiger partial charge in [0.2, 0.25) is 0 Å². The van der Waals surface area contributed by atoms with Crippen molar-refractivity contribution in [1.29, 1.82) is 0 Å². The Balaban J connectivity index is 2.51. The minimum absolute atomic E-state index is 0.0653. The van der Waals surface area contributed by atoms with Crippen LogP contribution in [0.1, 0.15) is 32.3 Å². The number of hydrogen-bond acceptors (Lipinski definition) is 4. The smallest absolute Gasteiger partial charge is 0.276 e. The molecule has 0 amide bonds. The van der Waals surface area contributed by atoms with Crippen LogP contribution in [0.5, 0.6) is 0 Å². The number of ketones is 2. The lowest BCUT2D eigenvalue weighted by molar-refractivity contribution is -0.385. The second-order valence-electron chi connectivity index (χ2n) is 5.51. The fourth-order valence-corrected chi connectivity index (χ4v) is 2.24. The fourth-order valence-electron chi connectivity index (χ4n) is 2.24. The molecular weight excluding hydrogens is 258 g/mol. The lowest BCUT2D eigenvalue weighted by Gasteiger charge is -2.28. The van der Waals surface area contributed by atoms with Crippen LogP contribution in [0.3, 0.4) is 0 Å². The van der Waals surface area contributed by atoms with E-state index >= 15 is 0 Å². The summed E-state index contributed by atoms with van der Waals surface area (Å²) in [6.07, 6.45) is 2.16. The van der Waals surface area contributed by atoms with Gasteiger partial charge in [0, 0.05) is 17.9 Å². The highest BCUT2D eigenvalue weighted by Crippen LogP contribution is 2.34. The number of nitrogens with zero attached hydrogens (tertiary/aromatic N) is 1. The predicted octanol–water partition coefficient (Wildman–Crippen LogP) is 2.94. The average Bonchev–Trinajstić information content (AvgIpc) is 2.40. The minimum Gasteiger partial charge on any atom is -0.294 e. The molecule has 0 atom stereocenters. The van der Waals surface area contributed by atoms with Crippen LogP contribution in [0.2, 0.25) is 0 Å². The Morgan fingerprint density at radius 2 is 1.90 bits per heavy atom. The van der Waals surface area contributed by atoms with E-state index in [-0.39, 0.29) is 28.4 Å². The molecule has 104 valence electrons. The van der Waals surface area contributed by atoms with Gasteiger partial charge in [-0.3, -0.25) is 19.7 Å². The number of para-hydroxylation sites is 1. The van der Waals surface area contributed by atoms with Crippen molar-refractivity contribution in [2.45, 2.75) is 26.7 Å². The molecule has 5 nitrogen and oxygen atoms in total. The summed E-state index contributed by atoms with van der Waals surface area (Å²) in [4.78, 5) is 34.6. The van der Waals surface area contributed by atoms with Gasteiger partial charge in [0.1, 0.15) is 0 Å². The number of hydrogen-bond donors (Lipinski definition) is 0. The SMILES string of the molecule is CC1(C)CCC(=O)/C(=C/c2ccccc2[N+](=O)[O-])C1=O. The first-order valence-electron chi connectivity index (χ1n) is 6.36. The highest BCUT2D eigenvalue weighted by atomic mass is 16.6. The number of rotatable bonds is 2. The molecule has 1 fully saturated rings. The Morgan fingerprint density at radius 3 is 2.55 bits per heavy atom. The molecule has 0 bridgehead atoms. The maximum absolute atomic E-state index is 12.3. The van der Waals surface area contributed by atoms with Gasteiger partial charge in [-0.1, -0.05) is 26.0 Å². The number of nitro groups is 1. The van der Waals surface area contributed by atoms with Gasteiger partial charge in [-0.25, -0.2) is 0 Å². The third-order valence-electron chi connectivity index (χ3n) is 3.57. The van der Waals surface area contributed by atoms with Gasteiger partial charge in [-0.15, -0.1) is 0 Å². The van der Waals surface area contributed by atoms with E-state index < -0.39 is 10.3 Å². The number of carbonyl (C=O) groups is 2. The van der Waals surface area contributed by atoms with Gasteiger partial charge in [0.25, 0.3) is 5.69 Å². The molecule has 20 heavy (non-hydrogen) atoms. The molecule has 1 aromatic carbocycles. The van der Waals surface area contributed by atoms with E-state index in [2.05, 4.69) is 0 Å². The molecule has 1 aliphatic rings. The zero-order chi connectivity index (χ0) is 14.9. The van der Waals surface area contributed by atoms with Crippen molar-refractivity contribution in [3.8, 4) is 0 Å². The Hall–Kier alpha value is -2.30. The normalized spacial score (nSPS) is 20.2. The van der Waals surface area contributed by atoms with Gasteiger partial charge < -0.3 is 0 Å². The van der Waals surface area contributed by atoms with Crippen LogP contribution in [0, 0.1) is 15.5 Å². The van der Waals surface area contributed by atoms with Crippen molar-refractivity contribution in [3.05, 3.63) is 45.5 Å². The molecule has 1 aromatic rings. The minimum atomic E-state index is -0.594. The Labute approximate surface area is 116 Å². The lowest BCUT2D eigenvalue weighted by atomic mass is 9.73. The van der Waals surface area contributed by atoms with Crippen LogP contribution in [0.15, 0.2) is 29.8 Å². The van der Waals surface area contributed by atoms with Crippen molar-refractivity contribution < 1.29 is 14.5 Å². The van der Waals surface area contributed by atoms with Crippen LogP contribution in [-0.4, -0.2) is 16.5 Å². The molecule has 1 aliphatic carbocycles. The highest BCUT2D eigenvalue weighted by molar-refractivity contribution is 6.26. The summed E-state index contributed by atoms with van der Waals surface area (Å²) < 4.78 is 0. The molecule has 1 saturated carbocycles. The molecule has 0 saturated heterocycles. The van der Waals surface area contributed by atoms with E-state index in [0.29, 0.717) is 12.8 Å². The molecule has 2 rings (SSSR count).